The Morgan fingerprint density at radius 3 is 2.45 bits per heavy atom. The average Bonchev–Trinajstić information content (AvgIpc) is 2.95. The average molecular weight is 300 g/mol. The molecule has 2 amide bonds. The monoisotopic (exact) mass is 300 g/mol. The van der Waals surface area contributed by atoms with Crippen LogP contribution in [0.1, 0.15) is 32.1 Å². The van der Waals surface area contributed by atoms with Gasteiger partial charge in [-0.3, -0.25) is 0 Å². The highest BCUT2D eigenvalue weighted by atomic mass is 16.3. The number of carbonyl (C=O) groups is 1. The lowest BCUT2D eigenvalue weighted by atomic mass is 10.1. The highest BCUT2D eigenvalue weighted by Crippen LogP contribution is 2.10. The third-order valence-electron chi connectivity index (χ3n) is 3.21. The number of amides is 2. The fourth-order valence-electron chi connectivity index (χ4n) is 2.15. The maximum atomic E-state index is 12.5. The van der Waals surface area contributed by atoms with Gasteiger partial charge in [0.2, 0.25) is 0 Å². The van der Waals surface area contributed by atoms with Gasteiger partial charge in [0.25, 0.3) is 0 Å². The van der Waals surface area contributed by atoms with Crippen LogP contribution in [-0.4, -0.2) is 23.0 Å². The van der Waals surface area contributed by atoms with E-state index in [1.807, 2.05) is 51.1 Å². The molecule has 0 aliphatic heterocycles. The van der Waals surface area contributed by atoms with Crippen LogP contribution < -0.4 is 5.32 Å². The second kappa shape index (κ2) is 7.16. The summed E-state index contributed by atoms with van der Waals surface area (Å²) in [4.78, 5) is 14.3. The second-order valence-corrected chi connectivity index (χ2v) is 6.42. The van der Waals surface area contributed by atoms with Crippen molar-refractivity contribution in [1.29, 1.82) is 0 Å². The topological polar surface area (TPSA) is 45.5 Å². The highest BCUT2D eigenvalue weighted by Gasteiger charge is 2.20. The molecule has 0 atom stereocenters. The molecular formula is C18H24N2O2. The number of nitrogens with zero attached hydrogens (tertiary/aromatic N) is 1. The molecule has 4 nitrogen and oxygen atoms in total. The molecule has 2 aromatic rings. The van der Waals surface area contributed by atoms with Crippen molar-refractivity contribution in [2.45, 2.75) is 39.3 Å². The summed E-state index contributed by atoms with van der Waals surface area (Å²) < 4.78 is 5.37. The number of hydrogen-bond donors (Lipinski definition) is 1. The Labute approximate surface area is 132 Å². The van der Waals surface area contributed by atoms with Gasteiger partial charge in [-0.2, -0.15) is 0 Å². The van der Waals surface area contributed by atoms with Gasteiger partial charge in [0.15, 0.2) is 0 Å². The Bertz CT molecular complexity index is 571. The highest BCUT2D eigenvalue weighted by molar-refractivity contribution is 5.74. The van der Waals surface area contributed by atoms with Crippen molar-refractivity contribution in [3.05, 3.63) is 60.1 Å². The molecule has 0 saturated carbocycles. The van der Waals surface area contributed by atoms with Crippen molar-refractivity contribution in [2.75, 3.05) is 6.54 Å². The van der Waals surface area contributed by atoms with Crippen molar-refractivity contribution < 1.29 is 9.21 Å². The number of urea groups is 1. The van der Waals surface area contributed by atoms with Gasteiger partial charge in [-0.25, -0.2) is 4.79 Å². The minimum Gasteiger partial charge on any atom is -0.467 e. The van der Waals surface area contributed by atoms with Crippen molar-refractivity contribution in [3.63, 3.8) is 0 Å². The molecule has 0 unspecified atom stereocenters. The Morgan fingerprint density at radius 1 is 1.14 bits per heavy atom. The first-order valence-corrected chi connectivity index (χ1v) is 7.57. The third kappa shape index (κ3) is 5.28. The van der Waals surface area contributed by atoms with Crippen molar-refractivity contribution >= 4 is 6.03 Å². The van der Waals surface area contributed by atoms with Crippen molar-refractivity contribution in [3.8, 4) is 0 Å². The lowest BCUT2D eigenvalue weighted by Crippen LogP contribution is -2.48. The van der Waals surface area contributed by atoms with E-state index in [0.29, 0.717) is 13.1 Å². The van der Waals surface area contributed by atoms with Crippen LogP contribution in [0.4, 0.5) is 4.79 Å². The van der Waals surface area contributed by atoms with Crippen molar-refractivity contribution in [2.24, 2.45) is 0 Å². The molecule has 1 aromatic carbocycles. The van der Waals surface area contributed by atoms with Crippen LogP contribution in [0, 0.1) is 0 Å². The number of rotatable bonds is 5. The second-order valence-electron chi connectivity index (χ2n) is 6.42. The lowest BCUT2D eigenvalue weighted by Gasteiger charge is -2.28. The Balaban J connectivity index is 2.02. The first-order chi connectivity index (χ1) is 10.4. The van der Waals surface area contributed by atoms with Crippen LogP contribution >= 0.6 is 0 Å². The van der Waals surface area contributed by atoms with Gasteiger partial charge in [0.1, 0.15) is 5.76 Å². The van der Waals surface area contributed by atoms with Crippen LogP contribution in [0.5, 0.6) is 0 Å². The Kier molecular flexibility index (Phi) is 5.26. The molecule has 0 saturated heterocycles. The molecule has 118 valence electrons. The molecule has 0 aliphatic rings. The van der Waals surface area contributed by atoms with E-state index in [4.69, 9.17) is 4.42 Å². The van der Waals surface area contributed by atoms with E-state index in [1.165, 1.54) is 5.56 Å². The van der Waals surface area contributed by atoms with Gasteiger partial charge in [-0.05, 0) is 44.9 Å². The largest absolute Gasteiger partial charge is 0.467 e. The quantitative estimate of drug-likeness (QED) is 0.912. The smallest absolute Gasteiger partial charge is 0.318 e. The zero-order chi connectivity index (χ0) is 16.0. The van der Waals surface area contributed by atoms with Crippen LogP contribution in [0.3, 0.4) is 0 Å². The predicted octanol–water partition coefficient (Wildman–Crippen LogP) is 3.83. The summed E-state index contributed by atoms with van der Waals surface area (Å²) in [5, 5.41) is 3.01. The summed E-state index contributed by atoms with van der Waals surface area (Å²) in [5.41, 5.74) is 0.959. The summed E-state index contributed by atoms with van der Waals surface area (Å²) >= 11 is 0. The maximum Gasteiger partial charge on any atom is 0.318 e. The molecule has 0 fully saturated rings. The Hall–Kier alpha value is -2.23. The number of benzene rings is 1. The Morgan fingerprint density at radius 2 is 1.86 bits per heavy atom. The molecule has 22 heavy (non-hydrogen) atoms. The fraction of sp³-hybridized carbons (Fsp3) is 0.389. The van der Waals surface area contributed by atoms with Crippen LogP contribution in [0.2, 0.25) is 0 Å². The third-order valence-corrected chi connectivity index (χ3v) is 3.21. The van der Waals surface area contributed by atoms with Crippen LogP contribution in [0.15, 0.2) is 53.1 Å². The summed E-state index contributed by atoms with van der Waals surface area (Å²) in [5.74, 6) is 0.789. The van der Waals surface area contributed by atoms with Crippen LogP contribution in [0.25, 0.3) is 0 Å². The summed E-state index contributed by atoms with van der Waals surface area (Å²) in [6, 6.07) is 13.8. The van der Waals surface area contributed by atoms with Gasteiger partial charge in [-0.15, -0.1) is 0 Å². The lowest BCUT2D eigenvalue weighted by molar-refractivity contribution is 0.182. The van der Waals surface area contributed by atoms with E-state index in [9.17, 15) is 4.79 Å². The SMILES string of the molecule is CC(C)(C)NC(=O)N(CCc1ccccc1)Cc1ccco1. The van der Waals surface area contributed by atoms with Gasteiger partial charge in [0.05, 0.1) is 12.8 Å². The maximum absolute atomic E-state index is 12.5. The molecule has 4 heteroatoms. The predicted molar refractivity (Wildman–Crippen MR) is 87.5 cm³/mol. The molecule has 2 rings (SSSR count). The number of hydrogen-bond acceptors (Lipinski definition) is 2. The molecule has 0 radical (unpaired) electrons. The van der Waals surface area contributed by atoms with E-state index in [2.05, 4.69) is 17.4 Å². The number of furan rings is 1. The normalized spacial score (nSPS) is 11.2. The molecule has 0 aliphatic carbocycles. The zero-order valence-corrected chi connectivity index (χ0v) is 13.5. The molecular weight excluding hydrogens is 276 g/mol. The van der Waals surface area contributed by atoms with Crippen LogP contribution in [-0.2, 0) is 13.0 Å². The zero-order valence-electron chi connectivity index (χ0n) is 13.5. The molecule has 1 heterocycles. The van der Waals surface area contributed by atoms with Gasteiger partial charge in [-0.1, -0.05) is 30.3 Å². The number of carbonyl (C=O) groups excluding carboxylic acids is 1. The summed E-state index contributed by atoms with van der Waals surface area (Å²) in [7, 11) is 0. The van der Waals surface area contributed by atoms with E-state index < -0.39 is 0 Å². The van der Waals surface area contributed by atoms with E-state index in [0.717, 1.165) is 12.2 Å². The van der Waals surface area contributed by atoms with E-state index >= 15 is 0 Å². The molecule has 0 bridgehead atoms. The standard InChI is InChI=1S/C18H24N2O2/c1-18(2,3)19-17(21)20(14-16-10-7-13-22-16)12-11-15-8-5-4-6-9-15/h4-10,13H,11-12,14H2,1-3H3,(H,19,21). The van der Waals surface area contributed by atoms with E-state index in [-0.39, 0.29) is 11.6 Å². The first-order valence-electron chi connectivity index (χ1n) is 7.57. The van der Waals surface area contributed by atoms with Gasteiger partial charge < -0.3 is 14.6 Å². The first kappa shape index (κ1) is 16.1. The minimum atomic E-state index is -0.259. The van der Waals surface area contributed by atoms with Crippen molar-refractivity contribution in [1.82, 2.24) is 10.2 Å². The number of nitrogens with one attached hydrogen (secondary N) is 1. The molecule has 0 spiro atoms. The summed E-state index contributed by atoms with van der Waals surface area (Å²) in [6.45, 7) is 7.06. The minimum absolute atomic E-state index is 0.0696. The van der Waals surface area contributed by atoms with Gasteiger partial charge in [0, 0.05) is 12.1 Å². The van der Waals surface area contributed by atoms with E-state index in [1.54, 1.807) is 11.2 Å². The fourth-order valence-corrected chi connectivity index (χ4v) is 2.15. The van der Waals surface area contributed by atoms with Gasteiger partial charge >= 0.3 is 6.03 Å². The molecule has 1 aromatic heterocycles. The summed E-state index contributed by atoms with van der Waals surface area (Å²) in [6.07, 6.45) is 2.45. The molecule has 1 N–H and O–H groups in total.